The van der Waals surface area contributed by atoms with Crippen LogP contribution in [0.2, 0.25) is 0 Å². The van der Waals surface area contributed by atoms with Crippen LogP contribution >= 0.6 is 11.3 Å². The zero-order chi connectivity index (χ0) is 19.3. The van der Waals surface area contributed by atoms with E-state index in [0.29, 0.717) is 16.0 Å². The van der Waals surface area contributed by atoms with E-state index in [9.17, 15) is 18.0 Å². The Hall–Kier alpha value is -2.53. The second-order valence-electron chi connectivity index (χ2n) is 5.29. The molecule has 11 heteroatoms. The zero-order valence-corrected chi connectivity index (χ0v) is 16.1. The number of ether oxygens (including phenoxy) is 1. The number of nitrogens with zero attached hydrogens (tertiary/aromatic N) is 4. The molecule has 1 heterocycles. The molecule has 0 aliphatic rings. The number of carbonyl (C=O) groups excluding carboxylic acids is 2. The van der Waals surface area contributed by atoms with Gasteiger partial charge in [0.2, 0.25) is 19.0 Å². The van der Waals surface area contributed by atoms with Gasteiger partial charge in [-0.05, 0) is 5.56 Å². The molecule has 140 valence electrons. The third kappa shape index (κ3) is 4.76. The van der Waals surface area contributed by atoms with Gasteiger partial charge in [-0.15, -0.1) is 9.78 Å². The third-order valence-corrected chi connectivity index (χ3v) is 6.23. The molecule has 2 amide bonds. The fraction of sp³-hybridized carbons (Fsp3) is 0.333. The summed E-state index contributed by atoms with van der Waals surface area (Å²) in [7, 11) is -0.701. The van der Waals surface area contributed by atoms with E-state index in [0.717, 1.165) is 5.56 Å². The first kappa shape index (κ1) is 19.8. The van der Waals surface area contributed by atoms with E-state index in [1.807, 2.05) is 6.07 Å². The SMILES string of the molecule is CCS(=O)(=O)c1nn(C(=O)OCc2ccccc2)c(=NC(=O)N(C)C)s1. The minimum absolute atomic E-state index is 0.0267. The Bertz CT molecular complexity index is 961. The number of urea groups is 1. The van der Waals surface area contributed by atoms with Crippen molar-refractivity contribution in [3.8, 4) is 0 Å². The van der Waals surface area contributed by atoms with Crippen LogP contribution in [0.1, 0.15) is 12.5 Å². The van der Waals surface area contributed by atoms with E-state index in [-0.39, 0.29) is 21.5 Å². The third-order valence-electron chi connectivity index (χ3n) is 3.14. The highest BCUT2D eigenvalue weighted by Crippen LogP contribution is 2.11. The average molecular weight is 398 g/mol. The maximum Gasteiger partial charge on any atom is 0.437 e. The summed E-state index contributed by atoms with van der Waals surface area (Å²) in [6.07, 6.45) is -0.923. The molecule has 2 rings (SSSR count). The molecule has 0 N–H and O–H groups in total. The van der Waals surface area contributed by atoms with Gasteiger partial charge in [0.1, 0.15) is 6.61 Å². The van der Waals surface area contributed by atoms with Crippen LogP contribution in [0.3, 0.4) is 0 Å². The number of amides is 2. The summed E-state index contributed by atoms with van der Waals surface area (Å²) < 4.78 is 29.6. The van der Waals surface area contributed by atoms with Crippen LogP contribution in [0, 0.1) is 0 Å². The lowest BCUT2D eigenvalue weighted by molar-refractivity contribution is 0.136. The monoisotopic (exact) mass is 398 g/mol. The summed E-state index contributed by atoms with van der Waals surface area (Å²) in [5.74, 6) is -0.194. The van der Waals surface area contributed by atoms with Crippen molar-refractivity contribution in [2.75, 3.05) is 19.8 Å². The highest BCUT2D eigenvalue weighted by molar-refractivity contribution is 7.93. The molecule has 0 spiro atoms. The van der Waals surface area contributed by atoms with Gasteiger partial charge in [-0.1, -0.05) is 48.6 Å². The Morgan fingerprint density at radius 3 is 2.50 bits per heavy atom. The van der Waals surface area contributed by atoms with Crippen LogP contribution < -0.4 is 4.80 Å². The summed E-state index contributed by atoms with van der Waals surface area (Å²) in [6, 6.07) is 8.30. The highest BCUT2D eigenvalue weighted by Gasteiger charge is 2.22. The Morgan fingerprint density at radius 2 is 1.92 bits per heavy atom. The minimum Gasteiger partial charge on any atom is -0.443 e. The van der Waals surface area contributed by atoms with Gasteiger partial charge in [-0.25, -0.2) is 18.0 Å². The molecule has 0 atom stereocenters. The molecule has 0 aliphatic carbocycles. The molecule has 0 saturated carbocycles. The lowest BCUT2D eigenvalue weighted by Gasteiger charge is -2.05. The van der Waals surface area contributed by atoms with E-state index < -0.39 is 22.0 Å². The van der Waals surface area contributed by atoms with Crippen LogP contribution in [0.25, 0.3) is 0 Å². The number of carbonyl (C=O) groups is 2. The number of sulfone groups is 1. The van der Waals surface area contributed by atoms with Crippen LogP contribution in [0.4, 0.5) is 9.59 Å². The first-order valence-corrected chi connectivity index (χ1v) is 10.0. The van der Waals surface area contributed by atoms with Gasteiger partial charge in [-0.3, -0.25) is 0 Å². The van der Waals surface area contributed by atoms with Gasteiger partial charge in [0.05, 0.1) is 5.75 Å². The first-order chi connectivity index (χ1) is 12.2. The normalized spacial score (nSPS) is 12.0. The fourth-order valence-corrected chi connectivity index (χ4v) is 3.81. The number of hydrogen-bond acceptors (Lipinski definition) is 7. The Morgan fingerprint density at radius 1 is 1.27 bits per heavy atom. The van der Waals surface area contributed by atoms with Crippen molar-refractivity contribution in [2.24, 2.45) is 4.99 Å². The van der Waals surface area contributed by atoms with Gasteiger partial charge in [0, 0.05) is 14.1 Å². The molecule has 0 unspecified atom stereocenters. The molecule has 0 bridgehead atoms. The van der Waals surface area contributed by atoms with Gasteiger partial charge in [-0.2, -0.15) is 4.99 Å². The van der Waals surface area contributed by atoms with Crippen molar-refractivity contribution in [3.63, 3.8) is 0 Å². The molecular formula is C15H18N4O5S2. The number of rotatable bonds is 4. The molecule has 1 aromatic heterocycles. The molecule has 0 saturated heterocycles. The van der Waals surface area contributed by atoms with Gasteiger partial charge >= 0.3 is 12.1 Å². The fourth-order valence-electron chi connectivity index (χ4n) is 1.67. The summed E-state index contributed by atoms with van der Waals surface area (Å²) >= 11 is 0.636. The van der Waals surface area contributed by atoms with Crippen molar-refractivity contribution in [2.45, 2.75) is 17.9 Å². The maximum atomic E-state index is 12.3. The standard InChI is InChI=1S/C15H18N4O5S2/c1-4-26(22,23)14-17-19(13(25-14)16-12(20)18(2)3)15(21)24-10-11-8-6-5-7-9-11/h5-9H,4,10H2,1-3H3. The average Bonchev–Trinajstić information content (AvgIpc) is 3.05. The smallest absolute Gasteiger partial charge is 0.437 e. The van der Waals surface area contributed by atoms with Gasteiger partial charge in [0.25, 0.3) is 0 Å². The first-order valence-electron chi connectivity index (χ1n) is 7.54. The van der Waals surface area contributed by atoms with E-state index in [2.05, 4.69) is 10.1 Å². The molecule has 0 radical (unpaired) electrons. The Labute approximate surface area is 154 Å². The quantitative estimate of drug-likeness (QED) is 0.772. The molecular weight excluding hydrogens is 380 g/mol. The second-order valence-corrected chi connectivity index (χ2v) is 8.70. The predicted octanol–water partition coefficient (Wildman–Crippen LogP) is 1.51. The van der Waals surface area contributed by atoms with Crippen LogP contribution in [-0.4, -0.2) is 55.1 Å². The molecule has 1 aromatic carbocycles. The molecule has 2 aromatic rings. The van der Waals surface area contributed by atoms with Gasteiger partial charge in [0.15, 0.2) is 0 Å². The zero-order valence-electron chi connectivity index (χ0n) is 14.4. The number of hydrogen-bond donors (Lipinski definition) is 0. The highest BCUT2D eigenvalue weighted by atomic mass is 32.2. The Kier molecular flexibility index (Phi) is 6.27. The predicted molar refractivity (Wildman–Crippen MR) is 94.5 cm³/mol. The summed E-state index contributed by atoms with van der Waals surface area (Å²) in [6.45, 7) is 1.43. The lowest BCUT2D eigenvalue weighted by atomic mass is 10.2. The molecule has 26 heavy (non-hydrogen) atoms. The van der Waals surface area contributed by atoms with Crippen LogP contribution in [-0.2, 0) is 21.2 Å². The summed E-state index contributed by atoms with van der Waals surface area (Å²) in [5.41, 5.74) is 0.751. The molecule has 0 fully saturated rings. The van der Waals surface area contributed by atoms with Crippen molar-refractivity contribution < 1.29 is 22.7 Å². The van der Waals surface area contributed by atoms with Crippen molar-refractivity contribution in [1.29, 1.82) is 0 Å². The second kappa shape index (κ2) is 8.23. The van der Waals surface area contributed by atoms with Crippen LogP contribution in [0.15, 0.2) is 39.7 Å². The molecule has 0 aliphatic heterocycles. The Balaban J connectivity index is 2.38. The van der Waals surface area contributed by atoms with Crippen molar-refractivity contribution >= 4 is 33.3 Å². The van der Waals surface area contributed by atoms with E-state index in [4.69, 9.17) is 4.74 Å². The van der Waals surface area contributed by atoms with Crippen LogP contribution in [0.5, 0.6) is 0 Å². The van der Waals surface area contributed by atoms with Gasteiger partial charge < -0.3 is 9.64 Å². The van der Waals surface area contributed by atoms with E-state index in [1.165, 1.54) is 25.9 Å². The molecule has 9 nitrogen and oxygen atoms in total. The largest absolute Gasteiger partial charge is 0.443 e. The number of aromatic nitrogens is 2. The topological polar surface area (TPSA) is 111 Å². The van der Waals surface area contributed by atoms with Crippen molar-refractivity contribution in [1.82, 2.24) is 14.7 Å². The van der Waals surface area contributed by atoms with Crippen molar-refractivity contribution in [3.05, 3.63) is 40.7 Å². The summed E-state index contributed by atoms with van der Waals surface area (Å²) in [4.78, 5) is 28.9. The van der Waals surface area contributed by atoms with E-state index in [1.54, 1.807) is 24.3 Å². The minimum atomic E-state index is -3.66. The van der Waals surface area contributed by atoms with E-state index >= 15 is 0 Å². The summed E-state index contributed by atoms with van der Waals surface area (Å²) in [5, 5.41) is 3.79. The maximum absolute atomic E-state index is 12.3. The number of benzene rings is 1. The lowest BCUT2D eigenvalue weighted by Crippen LogP contribution is -2.29.